The molecular formula is C16H31N7O2S2. The first-order chi connectivity index (χ1) is 12.5. The van der Waals surface area contributed by atoms with Crippen molar-refractivity contribution in [2.75, 3.05) is 20.1 Å². The number of thiocarbonyl (C=S) groups is 2. The Labute approximate surface area is 172 Å². The van der Waals surface area contributed by atoms with E-state index in [1.807, 2.05) is 20.8 Å². The molecule has 9 nitrogen and oxygen atoms in total. The molecule has 0 aromatic heterocycles. The smallest absolute Gasteiger partial charge is 0.407 e. The summed E-state index contributed by atoms with van der Waals surface area (Å²) in [6.45, 7) is 10.3. The van der Waals surface area contributed by atoms with Gasteiger partial charge in [0.1, 0.15) is 5.60 Å². The Morgan fingerprint density at radius 2 is 1.41 bits per heavy atom. The van der Waals surface area contributed by atoms with E-state index in [1.165, 1.54) is 0 Å². The Bertz CT molecular complexity index is 572. The van der Waals surface area contributed by atoms with Gasteiger partial charge in [-0.25, -0.2) is 4.79 Å². The van der Waals surface area contributed by atoms with Crippen molar-refractivity contribution >= 4 is 52.2 Å². The van der Waals surface area contributed by atoms with Crippen LogP contribution in [0.25, 0.3) is 0 Å². The molecule has 0 atom stereocenters. The molecule has 0 fully saturated rings. The molecule has 0 rings (SSSR count). The van der Waals surface area contributed by atoms with Crippen LogP contribution in [-0.2, 0) is 4.74 Å². The van der Waals surface area contributed by atoms with Crippen LogP contribution in [0, 0.1) is 0 Å². The van der Waals surface area contributed by atoms with Crippen molar-refractivity contribution < 1.29 is 9.53 Å². The maximum absolute atomic E-state index is 11.5. The first-order valence-corrected chi connectivity index (χ1v) is 9.44. The van der Waals surface area contributed by atoms with Crippen LogP contribution in [0.2, 0.25) is 0 Å². The van der Waals surface area contributed by atoms with Gasteiger partial charge in [-0.1, -0.05) is 0 Å². The Morgan fingerprint density at radius 1 is 0.926 bits per heavy atom. The Balaban J connectivity index is 3.94. The summed E-state index contributed by atoms with van der Waals surface area (Å²) in [6.07, 6.45) is 1.24. The van der Waals surface area contributed by atoms with Crippen LogP contribution in [0.15, 0.2) is 10.2 Å². The highest BCUT2D eigenvalue weighted by molar-refractivity contribution is 7.80. The highest BCUT2D eigenvalue weighted by atomic mass is 32.1. The fourth-order valence-corrected chi connectivity index (χ4v) is 1.68. The molecule has 0 bridgehead atoms. The van der Waals surface area contributed by atoms with Gasteiger partial charge in [0, 0.05) is 20.1 Å². The maximum atomic E-state index is 11.5. The summed E-state index contributed by atoms with van der Waals surface area (Å²) in [5.41, 5.74) is 6.31. The van der Waals surface area contributed by atoms with Gasteiger partial charge in [0.25, 0.3) is 0 Å². The SMILES string of the molecule is CNC(=S)N/N=C(C)/C(C)=N/NC(=S)NCCCCNC(=O)OC(C)(C)C. The molecule has 0 aliphatic rings. The lowest BCUT2D eigenvalue weighted by molar-refractivity contribution is 0.0527. The number of hydrazone groups is 2. The van der Waals surface area contributed by atoms with Gasteiger partial charge in [-0.2, -0.15) is 10.2 Å². The van der Waals surface area contributed by atoms with E-state index in [0.29, 0.717) is 34.7 Å². The first-order valence-electron chi connectivity index (χ1n) is 8.62. The van der Waals surface area contributed by atoms with Gasteiger partial charge >= 0.3 is 6.09 Å². The number of rotatable bonds is 8. The summed E-state index contributed by atoms with van der Waals surface area (Å²) >= 11 is 10.1. The number of hydrogen-bond acceptors (Lipinski definition) is 6. The average Bonchev–Trinajstić information content (AvgIpc) is 2.58. The van der Waals surface area contributed by atoms with Gasteiger partial charge < -0.3 is 20.7 Å². The lowest BCUT2D eigenvalue weighted by atomic mass is 10.2. The molecule has 0 heterocycles. The third-order valence-corrected chi connectivity index (χ3v) is 3.49. The third-order valence-electron chi connectivity index (χ3n) is 2.96. The second-order valence-corrected chi connectivity index (χ2v) is 7.41. The summed E-state index contributed by atoms with van der Waals surface area (Å²) in [5.74, 6) is 0. The molecule has 0 saturated carbocycles. The number of unbranched alkanes of at least 4 members (excludes halogenated alkanes) is 1. The van der Waals surface area contributed by atoms with Gasteiger partial charge in [0.05, 0.1) is 11.4 Å². The molecule has 1 amide bonds. The van der Waals surface area contributed by atoms with Crippen LogP contribution in [0.1, 0.15) is 47.5 Å². The van der Waals surface area contributed by atoms with Crippen LogP contribution in [0.3, 0.4) is 0 Å². The van der Waals surface area contributed by atoms with Crippen molar-refractivity contribution in [1.29, 1.82) is 0 Å². The van der Waals surface area contributed by atoms with Crippen LogP contribution >= 0.6 is 24.4 Å². The molecule has 0 aromatic rings. The van der Waals surface area contributed by atoms with Crippen molar-refractivity contribution in [1.82, 2.24) is 26.8 Å². The zero-order valence-corrected chi connectivity index (χ0v) is 18.5. The first kappa shape index (κ1) is 25.0. The lowest BCUT2D eigenvalue weighted by Gasteiger charge is -2.19. The average molecular weight is 418 g/mol. The minimum absolute atomic E-state index is 0.403. The van der Waals surface area contributed by atoms with Gasteiger partial charge in [-0.05, 0) is 71.9 Å². The Hall–Kier alpha value is -2.01. The number of carbonyl (C=O) groups is 1. The normalized spacial score (nSPS) is 12.1. The minimum Gasteiger partial charge on any atom is -0.444 e. The van der Waals surface area contributed by atoms with E-state index in [2.05, 4.69) is 37.0 Å². The maximum Gasteiger partial charge on any atom is 0.407 e. The van der Waals surface area contributed by atoms with E-state index in [1.54, 1.807) is 20.9 Å². The summed E-state index contributed by atoms with van der Waals surface area (Å²) in [7, 11) is 1.71. The molecule has 27 heavy (non-hydrogen) atoms. The summed E-state index contributed by atoms with van der Waals surface area (Å²) in [6, 6.07) is 0. The van der Waals surface area contributed by atoms with E-state index in [0.717, 1.165) is 12.8 Å². The molecule has 0 unspecified atom stereocenters. The number of carbonyl (C=O) groups excluding carboxylic acids is 1. The largest absolute Gasteiger partial charge is 0.444 e. The van der Waals surface area contributed by atoms with Gasteiger partial charge in [0.2, 0.25) is 0 Å². The third kappa shape index (κ3) is 14.8. The zero-order chi connectivity index (χ0) is 20.9. The molecule has 0 saturated heterocycles. The highest BCUT2D eigenvalue weighted by Gasteiger charge is 2.15. The van der Waals surface area contributed by atoms with Crippen molar-refractivity contribution in [2.24, 2.45) is 10.2 Å². The number of hydrogen-bond donors (Lipinski definition) is 5. The van der Waals surface area contributed by atoms with Gasteiger partial charge in [0.15, 0.2) is 10.2 Å². The molecule has 5 N–H and O–H groups in total. The molecule has 0 spiro atoms. The standard InChI is InChI=1S/C16H31N7O2S2/c1-11(20-22-13(26)17-6)12(2)21-23-14(27)18-9-7-8-10-19-15(24)25-16(3,4)5/h7-10H2,1-6H3,(H,19,24)(H2,17,22,26)(H2,18,23,27)/b20-11+,21-12+. The van der Waals surface area contributed by atoms with Crippen LogP contribution < -0.4 is 26.8 Å². The van der Waals surface area contributed by atoms with Crippen molar-refractivity contribution in [3.05, 3.63) is 0 Å². The fraction of sp³-hybridized carbons (Fsp3) is 0.688. The Kier molecular flexibility index (Phi) is 12.2. The molecule has 0 aromatic carbocycles. The van der Waals surface area contributed by atoms with E-state index >= 15 is 0 Å². The van der Waals surface area contributed by atoms with Crippen LogP contribution in [0.4, 0.5) is 4.79 Å². The van der Waals surface area contributed by atoms with Crippen molar-refractivity contribution in [2.45, 2.75) is 53.1 Å². The predicted octanol–water partition coefficient (Wildman–Crippen LogP) is 1.60. The second-order valence-electron chi connectivity index (χ2n) is 6.59. The summed E-state index contributed by atoms with van der Waals surface area (Å²) in [5, 5.41) is 17.6. The van der Waals surface area contributed by atoms with Gasteiger partial charge in [-0.3, -0.25) is 10.9 Å². The van der Waals surface area contributed by atoms with Gasteiger partial charge in [-0.15, -0.1) is 0 Å². The van der Waals surface area contributed by atoms with Crippen LogP contribution in [0.5, 0.6) is 0 Å². The number of ether oxygens (including phenoxy) is 1. The van der Waals surface area contributed by atoms with E-state index < -0.39 is 11.7 Å². The topological polar surface area (TPSA) is 111 Å². The minimum atomic E-state index is -0.486. The lowest BCUT2D eigenvalue weighted by Crippen LogP contribution is -2.35. The number of nitrogens with zero attached hydrogens (tertiary/aromatic N) is 2. The van der Waals surface area contributed by atoms with E-state index in [-0.39, 0.29) is 0 Å². The quantitative estimate of drug-likeness (QED) is 0.175. The monoisotopic (exact) mass is 417 g/mol. The predicted molar refractivity (Wildman–Crippen MR) is 118 cm³/mol. The molecule has 0 aliphatic heterocycles. The number of alkyl carbamates (subject to hydrolysis) is 1. The van der Waals surface area contributed by atoms with Crippen molar-refractivity contribution in [3.8, 4) is 0 Å². The highest BCUT2D eigenvalue weighted by Crippen LogP contribution is 2.06. The van der Waals surface area contributed by atoms with E-state index in [4.69, 9.17) is 29.2 Å². The molecule has 11 heteroatoms. The molecule has 0 radical (unpaired) electrons. The summed E-state index contributed by atoms with van der Waals surface area (Å²) < 4.78 is 5.16. The van der Waals surface area contributed by atoms with E-state index in [9.17, 15) is 4.79 Å². The molecular weight excluding hydrogens is 386 g/mol. The summed E-state index contributed by atoms with van der Waals surface area (Å²) in [4.78, 5) is 11.5. The van der Waals surface area contributed by atoms with Crippen LogP contribution in [-0.4, -0.2) is 53.5 Å². The molecule has 154 valence electrons. The number of nitrogens with one attached hydrogen (secondary N) is 5. The zero-order valence-electron chi connectivity index (χ0n) is 16.9. The second kappa shape index (κ2) is 13.2. The number of amides is 1. The molecule has 0 aliphatic carbocycles. The Morgan fingerprint density at radius 3 is 1.89 bits per heavy atom. The fourth-order valence-electron chi connectivity index (χ4n) is 1.48. The van der Waals surface area contributed by atoms with Crippen molar-refractivity contribution in [3.63, 3.8) is 0 Å².